The number of aliphatic hydroxyl groups excluding tert-OH is 1. The van der Waals surface area contributed by atoms with Crippen LogP contribution in [-0.2, 0) is 4.74 Å². The number of hydrogen-bond donors (Lipinski definition) is 1. The first-order valence-corrected chi connectivity index (χ1v) is 5.89. The van der Waals surface area contributed by atoms with Gasteiger partial charge in [-0.1, -0.05) is 33.1 Å². The molecule has 0 aromatic carbocycles. The maximum Gasteiger partial charge on any atom is 0.0939 e. The molecule has 0 amide bonds. The van der Waals surface area contributed by atoms with Gasteiger partial charge in [-0.2, -0.15) is 0 Å². The first-order valence-electron chi connectivity index (χ1n) is 5.89. The van der Waals surface area contributed by atoms with Crippen molar-refractivity contribution in [2.75, 3.05) is 7.11 Å². The second kappa shape index (κ2) is 5.13. The van der Waals surface area contributed by atoms with Crippen LogP contribution in [0.4, 0.5) is 0 Å². The zero-order chi connectivity index (χ0) is 10.6. The average molecular weight is 200 g/mol. The highest BCUT2D eigenvalue weighted by Crippen LogP contribution is 2.38. The van der Waals surface area contributed by atoms with E-state index in [0.717, 1.165) is 25.7 Å². The van der Waals surface area contributed by atoms with Gasteiger partial charge in [-0.15, -0.1) is 0 Å². The maximum absolute atomic E-state index is 10.3. The Hall–Kier alpha value is -0.0800. The lowest BCUT2D eigenvalue weighted by molar-refractivity contribution is -0.118. The van der Waals surface area contributed by atoms with Gasteiger partial charge in [0.15, 0.2) is 0 Å². The van der Waals surface area contributed by atoms with E-state index < -0.39 is 0 Å². The van der Waals surface area contributed by atoms with Crippen molar-refractivity contribution >= 4 is 0 Å². The van der Waals surface area contributed by atoms with Gasteiger partial charge >= 0.3 is 0 Å². The van der Waals surface area contributed by atoms with Crippen LogP contribution < -0.4 is 0 Å². The molecule has 0 bridgehead atoms. The lowest BCUT2D eigenvalue weighted by Crippen LogP contribution is -2.45. The summed E-state index contributed by atoms with van der Waals surface area (Å²) in [6.45, 7) is 4.30. The summed E-state index contributed by atoms with van der Waals surface area (Å²) < 4.78 is 5.58. The van der Waals surface area contributed by atoms with Crippen LogP contribution in [0.25, 0.3) is 0 Å². The van der Waals surface area contributed by atoms with E-state index in [4.69, 9.17) is 4.74 Å². The standard InChI is InChI=1S/C12H24O2/c1-4-7-10(2)11(13)12(14-3)8-5-6-9-12/h10-11,13H,4-9H2,1-3H3. The van der Waals surface area contributed by atoms with Crippen molar-refractivity contribution in [3.05, 3.63) is 0 Å². The first-order chi connectivity index (χ1) is 6.66. The molecule has 1 N–H and O–H groups in total. The van der Waals surface area contributed by atoms with E-state index >= 15 is 0 Å². The molecule has 0 aliphatic heterocycles. The average Bonchev–Trinajstić information content (AvgIpc) is 2.66. The molecule has 1 rings (SSSR count). The SMILES string of the molecule is CCCC(C)C(O)C1(OC)CCCC1. The third-order valence-electron chi connectivity index (χ3n) is 3.68. The Labute approximate surface area is 87.7 Å². The topological polar surface area (TPSA) is 29.5 Å². The molecule has 1 aliphatic rings. The Morgan fingerprint density at radius 2 is 1.93 bits per heavy atom. The van der Waals surface area contributed by atoms with Crippen LogP contribution in [0.15, 0.2) is 0 Å². The minimum absolute atomic E-state index is 0.228. The van der Waals surface area contributed by atoms with Crippen LogP contribution in [-0.4, -0.2) is 23.9 Å². The Morgan fingerprint density at radius 3 is 2.36 bits per heavy atom. The highest BCUT2D eigenvalue weighted by molar-refractivity contribution is 4.94. The quantitative estimate of drug-likeness (QED) is 0.739. The molecule has 84 valence electrons. The van der Waals surface area contributed by atoms with Gasteiger partial charge in [0.2, 0.25) is 0 Å². The Balaban J connectivity index is 2.59. The summed E-state index contributed by atoms with van der Waals surface area (Å²) >= 11 is 0. The van der Waals surface area contributed by atoms with E-state index in [2.05, 4.69) is 13.8 Å². The van der Waals surface area contributed by atoms with Gasteiger partial charge in [-0.25, -0.2) is 0 Å². The van der Waals surface area contributed by atoms with Crippen molar-refractivity contribution in [1.29, 1.82) is 0 Å². The third kappa shape index (κ3) is 2.29. The van der Waals surface area contributed by atoms with Crippen LogP contribution in [0.2, 0.25) is 0 Å². The lowest BCUT2D eigenvalue weighted by atomic mass is 9.84. The fraction of sp³-hybridized carbons (Fsp3) is 1.00. The molecule has 0 aromatic heterocycles. The molecule has 2 heteroatoms. The summed E-state index contributed by atoms with van der Waals surface area (Å²) in [6.07, 6.45) is 6.39. The second-order valence-corrected chi connectivity index (χ2v) is 4.69. The molecule has 2 nitrogen and oxygen atoms in total. The van der Waals surface area contributed by atoms with E-state index in [9.17, 15) is 5.11 Å². The van der Waals surface area contributed by atoms with Gasteiger partial charge < -0.3 is 9.84 Å². The zero-order valence-electron chi connectivity index (χ0n) is 9.75. The molecule has 1 fully saturated rings. The smallest absolute Gasteiger partial charge is 0.0939 e. The summed E-state index contributed by atoms with van der Waals surface area (Å²) in [5, 5.41) is 10.3. The molecule has 1 saturated carbocycles. The van der Waals surface area contributed by atoms with E-state index in [-0.39, 0.29) is 11.7 Å². The predicted octanol–water partition coefficient (Wildman–Crippen LogP) is 2.74. The normalized spacial score (nSPS) is 24.9. The molecular formula is C12H24O2. The van der Waals surface area contributed by atoms with Gasteiger partial charge in [-0.05, 0) is 25.2 Å². The summed E-state index contributed by atoms with van der Waals surface area (Å²) in [5.74, 6) is 0.359. The van der Waals surface area contributed by atoms with E-state index in [0.29, 0.717) is 5.92 Å². The van der Waals surface area contributed by atoms with Gasteiger partial charge in [0, 0.05) is 7.11 Å². The number of methoxy groups -OCH3 is 1. The molecule has 0 spiro atoms. The Bertz CT molecular complexity index is 162. The number of ether oxygens (including phenoxy) is 1. The van der Waals surface area contributed by atoms with Crippen LogP contribution in [0, 0.1) is 5.92 Å². The zero-order valence-corrected chi connectivity index (χ0v) is 9.75. The lowest BCUT2D eigenvalue weighted by Gasteiger charge is -2.36. The summed E-state index contributed by atoms with van der Waals surface area (Å²) in [5.41, 5.74) is -0.228. The molecule has 0 aromatic rings. The van der Waals surface area contributed by atoms with Gasteiger partial charge in [0.05, 0.1) is 11.7 Å². The summed E-state index contributed by atoms with van der Waals surface area (Å²) in [4.78, 5) is 0. The van der Waals surface area contributed by atoms with Gasteiger partial charge in [-0.3, -0.25) is 0 Å². The van der Waals surface area contributed by atoms with Crippen LogP contribution in [0.3, 0.4) is 0 Å². The molecule has 2 unspecified atom stereocenters. The van der Waals surface area contributed by atoms with Crippen molar-refractivity contribution in [3.8, 4) is 0 Å². The molecule has 0 saturated heterocycles. The largest absolute Gasteiger partial charge is 0.390 e. The fourth-order valence-corrected chi connectivity index (χ4v) is 2.73. The minimum atomic E-state index is -0.282. The van der Waals surface area contributed by atoms with Crippen LogP contribution in [0.1, 0.15) is 52.4 Å². The fourth-order valence-electron chi connectivity index (χ4n) is 2.73. The van der Waals surface area contributed by atoms with Crippen molar-refractivity contribution in [2.45, 2.75) is 64.1 Å². The van der Waals surface area contributed by atoms with Crippen LogP contribution >= 0.6 is 0 Å². The molecule has 0 radical (unpaired) electrons. The third-order valence-corrected chi connectivity index (χ3v) is 3.68. The number of hydrogen-bond acceptors (Lipinski definition) is 2. The van der Waals surface area contributed by atoms with E-state index in [1.54, 1.807) is 7.11 Å². The van der Waals surface area contributed by atoms with Gasteiger partial charge in [0.1, 0.15) is 0 Å². The molecule has 14 heavy (non-hydrogen) atoms. The second-order valence-electron chi connectivity index (χ2n) is 4.69. The minimum Gasteiger partial charge on any atom is -0.390 e. The highest BCUT2D eigenvalue weighted by atomic mass is 16.5. The van der Waals surface area contributed by atoms with Crippen molar-refractivity contribution in [1.82, 2.24) is 0 Å². The molecule has 1 aliphatic carbocycles. The Kier molecular flexibility index (Phi) is 4.39. The summed E-state index contributed by atoms with van der Waals surface area (Å²) in [7, 11) is 1.74. The van der Waals surface area contributed by atoms with E-state index in [1.165, 1.54) is 12.8 Å². The summed E-state index contributed by atoms with van der Waals surface area (Å²) in [6, 6.07) is 0. The van der Waals surface area contributed by atoms with Crippen molar-refractivity contribution in [3.63, 3.8) is 0 Å². The van der Waals surface area contributed by atoms with Gasteiger partial charge in [0.25, 0.3) is 0 Å². The van der Waals surface area contributed by atoms with Crippen LogP contribution in [0.5, 0.6) is 0 Å². The monoisotopic (exact) mass is 200 g/mol. The molecular weight excluding hydrogens is 176 g/mol. The van der Waals surface area contributed by atoms with Crippen molar-refractivity contribution < 1.29 is 9.84 Å². The molecule has 0 heterocycles. The maximum atomic E-state index is 10.3. The number of rotatable bonds is 5. The number of aliphatic hydroxyl groups is 1. The van der Waals surface area contributed by atoms with Crippen molar-refractivity contribution in [2.24, 2.45) is 5.92 Å². The predicted molar refractivity (Wildman–Crippen MR) is 58.3 cm³/mol. The van der Waals surface area contributed by atoms with E-state index in [1.807, 2.05) is 0 Å². The Morgan fingerprint density at radius 1 is 1.36 bits per heavy atom. The highest BCUT2D eigenvalue weighted by Gasteiger charge is 2.42. The molecule has 2 atom stereocenters. The first kappa shape index (κ1) is 12.0.